The molecule has 0 saturated heterocycles. The fourth-order valence-corrected chi connectivity index (χ4v) is 4.62. The second kappa shape index (κ2) is 10.7. The van der Waals surface area contributed by atoms with Crippen LogP contribution in [0.15, 0.2) is 77.0 Å². The van der Waals surface area contributed by atoms with Crippen molar-refractivity contribution in [1.82, 2.24) is 9.80 Å². The summed E-state index contributed by atoms with van der Waals surface area (Å²) in [7, 11) is 0. The number of carbonyl (C=O) groups excluding carboxylic acids is 2. The molecule has 0 radical (unpaired) electrons. The molecule has 0 unspecified atom stereocenters. The number of urea groups is 1. The van der Waals surface area contributed by atoms with E-state index < -0.39 is 0 Å². The van der Waals surface area contributed by atoms with Crippen molar-refractivity contribution in [3.8, 4) is 0 Å². The molecule has 1 aromatic heterocycles. The lowest BCUT2D eigenvalue weighted by atomic mass is 10.2. The van der Waals surface area contributed by atoms with Crippen LogP contribution >= 0.6 is 23.1 Å². The minimum absolute atomic E-state index is 0.0398. The van der Waals surface area contributed by atoms with Gasteiger partial charge >= 0.3 is 6.03 Å². The van der Waals surface area contributed by atoms with Crippen LogP contribution in [0.4, 0.5) is 10.5 Å². The first-order valence-corrected chi connectivity index (χ1v) is 12.8. The topological polar surface area (TPSA) is 52.7 Å². The van der Waals surface area contributed by atoms with E-state index in [1.165, 1.54) is 0 Å². The Labute approximate surface area is 197 Å². The zero-order chi connectivity index (χ0) is 22.3. The van der Waals surface area contributed by atoms with E-state index in [2.05, 4.69) is 5.32 Å². The second-order valence-electron chi connectivity index (χ2n) is 7.83. The van der Waals surface area contributed by atoms with Crippen molar-refractivity contribution in [2.24, 2.45) is 0 Å². The van der Waals surface area contributed by atoms with Crippen molar-refractivity contribution < 1.29 is 9.59 Å². The van der Waals surface area contributed by atoms with Crippen LogP contribution < -0.4 is 5.32 Å². The van der Waals surface area contributed by atoms with Gasteiger partial charge in [-0.1, -0.05) is 36.4 Å². The quantitative estimate of drug-likeness (QED) is 0.413. The molecule has 1 heterocycles. The first kappa shape index (κ1) is 22.4. The molecule has 1 fully saturated rings. The normalized spacial score (nSPS) is 12.9. The molecule has 3 amide bonds. The van der Waals surface area contributed by atoms with Gasteiger partial charge in [0.1, 0.15) is 6.54 Å². The van der Waals surface area contributed by atoms with Gasteiger partial charge in [0, 0.05) is 28.0 Å². The molecule has 5 nitrogen and oxygen atoms in total. The van der Waals surface area contributed by atoms with Crippen molar-refractivity contribution in [1.29, 1.82) is 0 Å². The van der Waals surface area contributed by atoms with Gasteiger partial charge in [0.25, 0.3) is 0 Å². The van der Waals surface area contributed by atoms with Crippen molar-refractivity contribution in [2.75, 3.05) is 18.1 Å². The maximum absolute atomic E-state index is 13.4. The summed E-state index contributed by atoms with van der Waals surface area (Å²) in [4.78, 5) is 32.2. The molecule has 2 aromatic carbocycles. The number of benzene rings is 2. The largest absolute Gasteiger partial charge is 0.332 e. The molecule has 4 rings (SSSR count). The van der Waals surface area contributed by atoms with Crippen LogP contribution in [0.5, 0.6) is 0 Å². The molecule has 1 aliphatic rings. The summed E-state index contributed by atoms with van der Waals surface area (Å²) in [6.45, 7) is 1.15. The minimum atomic E-state index is -0.214. The second-order valence-corrected chi connectivity index (χ2v) is 9.74. The molecule has 7 heteroatoms. The molecular formula is C25H27N3O2S2. The van der Waals surface area contributed by atoms with Gasteiger partial charge in [0.2, 0.25) is 5.91 Å². The third kappa shape index (κ3) is 6.14. The minimum Gasteiger partial charge on any atom is -0.332 e. The van der Waals surface area contributed by atoms with Crippen molar-refractivity contribution in [2.45, 2.75) is 36.9 Å². The Kier molecular flexibility index (Phi) is 7.50. The molecule has 3 aromatic rings. The van der Waals surface area contributed by atoms with Crippen LogP contribution in [0.1, 0.15) is 23.3 Å². The monoisotopic (exact) mass is 465 g/mol. The van der Waals surface area contributed by atoms with Gasteiger partial charge in [0.15, 0.2) is 0 Å². The first-order chi connectivity index (χ1) is 15.6. The van der Waals surface area contributed by atoms with E-state index in [0.29, 0.717) is 13.1 Å². The molecule has 0 bridgehead atoms. The summed E-state index contributed by atoms with van der Waals surface area (Å²) in [6.07, 6.45) is 3.90. The zero-order valence-corrected chi connectivity index (χ0v) is 19.7. The van der Waals surface area contributed by atoms with E-state index in [9.17, 15) is 9.59 Å². The van der Waals surface area contributed by atoms with Gasteiger partial charge in [-0.05, 0) is 60.4 Å². The summed E-state index contributed by atoms with van der Waals surface area (Å²) < 4.78 is 0. The number of nitrogens with one attached hydrogen (secondary N) is 1. The molecule has 0 aliphatic heterocycles. The highest BCUT2D eigenvalue weighted by molar-refractivity contribution is 7.98. The Balaban J connectivity index is 1.45. The number of hydrogen-bond donors (Lipinski definition) is 1. The number of nitrogens with zero attached hydrogens (tertiary/aromatic N) is 2. The SMILES string of the molecule is CSc1ccc(NC(=O)N(CC(=O)N(Cc2ccccc2)Cc2cccs2)C2CC2)cc1. The Hall–Kier alpha value is -2.77. The Morgan fingerprint density at radius 3 is 2.38 bits per heavy atom. The van der Waals surface area contributed by atoms with Gasteiger partial charge in [-0.15, -0.1) is 23.1 Å². The summed E-state index contributed by atoms with van der Waals surface area (Å²) >= 11 is 3.30. The number of anilines is 1. The molecule has 166 valence electrons. The van der Waals surface area contributed by atoms with Crippen LogP contribution in [0.25, 0.3) is 0 Å². The van der Waals surface area contributed by atoms with Crippen molar-refractivity contribution >= 4 is 40.7 Å². The molecule has 1 N–H and O–H groups in total. The molecule has 1 aliphatic carbocycles. The van der Waals surface area contributed by atoms with E-state index in [1.807, 2.05) is 83.3 Å². The van der Waals surface area contributed by atoms with Gasteiger partial charge in [-0.25, -0.2) is 4.79 Å². The summed E-state index contributed by atoms with van der Waals surface area (Å²) in [5, 5.41) is 4.98. The fraction of sp³-hybridized carbons (Fsp3) is 0.280. The van der Waals surface area contributed by atoms with Gasteiger partial charge < -0.3 is 15.1 Å². The Morgan fingerprint density at radius 2 is 1.75 bits per heavy atom. The van der Waals surface area contributed by atoms with E-state index in [4.69, 9.17) is 0 Å². The molecule has 0 atom stereocenters. The van der Waals surface area contributed by atoms with Crippen molar-refractivity contribution in [3.63, 3.8) is 0 Å². The van der Waals surface area contributed by atoms with Crippen molar-refractivity contribution in [3.05, 3.63) is 82.6 Å². The number of rotatable bonds is 9. The van der Waals surface area contributed by atoms with E-state index in [1.54, 1.807) is 28.0 Å². The zero-order valence-electron chi connectivity index (χ0n) is 18.1. The Bertz CT molecular complexity index is 1020. The fourth-order valence-electron chi connectivity index (χ4n) is 3.50. The van der Waals surface area contributed by atoms with Gasteiger partial charge in [-0.2, -0.15) is 0 Å². The number of amides is 3. The summed E-state index contributed by atoms with van der Waals surface area (Å²) in [6, 6.07) is 21.7. The van der Waals surface area contributed by atoms with E-state index in [0.717, 1.165) is 33.9 Å². The molecule has 0 spiro atoms. The summed E-state index contributed by atoms with van der Waals surface area (Å²) in [5.41, 5.74) is 1.82. The maximum atomic E-state index is 13.4. The van der Waals surface area contributed by atoms with E-state index >= 15 is 0 Å². The standard InChI is InChI=1S/C25H27N3O2S2/c1-31-22-13-9-20(10-14-22)26-25(30)28(21-11-12-21)18-24(29)27(17-23-8-5-15-32-23)16-19-6-3-2-4-7-19/h2-10,13-15,21H,11-12,16-18H2,1H3,(H,26,30). The van der Waals surface area contributed by atoms with E-state index in [-0.39, 0.29) is 24.5 Å². The molecule has 32 heavy (non-hydrogen) atoms. The number of thioether (sulfide) groups is 1. The lowest BCUT2D eigenvalue weighted by Gasteiger charge is -2.28. The highest BCUT2D eigenvalue weighted by Gasteiger charge is 2.35. The van der Waals surface area contributed by atoms with Gasteiger partial charge in [-0.3, -0.25) is 4.79 Å². The third-order valence-electron chi connectivity index (χ3n) is 5.39. The lowest BCUT2D eigenvalue weighted by molar-refractivity contribution is -0.133. The molecule has 1 saturated carbocycles. The Morgan fingerprint density at radius 1 is 1.00 bits per heavy atom. The molecular weight excluding hydrogens is 438 g/mol. The average molecular weight is 466 g/mol. The highest BCUT2D eigenvalue weighted by atomic mass is 32.2. The lowest BCUT2D eigenvalue weighted by Crippen LogP contribution is -2.45. The number of thiophene rings is 1. The number of hydrogen-bond acceptors (Lipinski definition) is 4. The van der Waals surface area contributed by atoms with Crippen LogP contribution in [0, 0.1) is 0 Å². The summed E-state index contributed by atoms with van der Waals surface area (Å²) in [5.74, 6) is -0.0398. The maximum Gasteiger partial charge on any atom is 0.322 e. The highest BCUT2D eigenvalue weighted by Crippen LogP contribution is 2.28. The average Bonchev–Trinajstić information content (AvgIpc) is 3.53. The predicted molar refractivity (Wildman–Crippen MR) is 132 cm³/mol. The van der Waals surface area contributed by atoms with Gasteiger partial charge in [0.05, 0.1) is 6.54 Å². The first-order valence-electron chi connectivity index (χ1n) is 10.7. The van der Waals surface area contributed by atoms with Crippen LogP contribution in [0.3, 0.4) is 0 Å². The third-order valence-corrected chi connectivity index (χ3v) is 7.00. The smallest absolute Gasteiger partial charge is 0.322 e. The van der Waals surface area contributed by atoms with Crippen LogP contribution in [0.2, 0.25) is 0 Å². The van der Waals surface area contributed by atoms with Crippen LogP contribution in [-0.2, 0) is 17.9 Å². The number of carbonyl (C=O) groups is 2. The van der Waals surface area contributed by atoms with Crippen LogP contribution in [-0.4, -0.2) is 40.6 Å². The predicted octanol–water partition coefficient (Wildman–Crippen LogP) is 5.70.